The first-order chi connectivity index (χ1) is 14.0. The zero-order valence-corrected chi connectivity index (χ0v) is 15.4. The van der Waals surface area contributed by atoms with Gasteiger partial charge in [-0.3, -0.25) is 9.59 Å². The molecule has 148 valence electrons. The summed E-state index contributed by atoms with van der Waals surface area (Å²) >= 11 is 0. The third kappa shape index (κ3) is 3.81. The molecule has 0 amide bonds. The smallest absolute Gasteiger partial charge is 0.323 e. The average molecular weight is 394 g/mol. The number of aliphatic carboxylic acids is 2. The first-order valence-electron chi connectivity index (χ1n) is 8.92. The van der Waals surface area contributed by atoms with Crippen molar-refractivity contribution in [3.63, 3.8) is 0 Å². The van der Waals surface area contributed by atoms with Crippen LogP contribution >= 0.6 is 0 Å². The Labute approximate surface area is 164 Å². The van der Waals surface area contributed by atoms with Crippen LogP contribution in [0.1, 0.15) is 11.6 Å². The van der Waals surface area contributed by atoms with Crippen molar-refractivity contribution in [1.29, 1.82) is 0 Å². The third-order valence-electron chi connectivity index (χ3n) is 4.52. The van der Waals surface area contributed by atoms with E-state index in [9.17, 15) is 19.8 Å². The Hall–Kier alpha value is -3.72. The fourth-order valence-electron chi connectivity index (χ4n) is 3.33. The molecule has 0 fully saturated rings. The lowest BCUT2D eigenvalue weighted by Gasteiger charge is -2.09. The van der Waals surface area contributed by atoms with Crippen LogP contribution in [0.3, 0.4) is 0 Å². The van der Waals surface area contributed by atoms with Crippen LogP contribution in [0.15, 0.2) is 48.5 Å². The largest absolute Gasteiger partial charge is 0.480 e. The molecule has 0 atom stereocenters. The maximum atomic E-state index is 11.2. The topological polar surface area (TPSA) is 119 Å². The van der Waals surface area contributed by atoms with E-state index in [4.69, 9.17) is 4.74 Å². The van der Waals surface area contributed by atoms with E-state index in [2.05, 4.69) is 9.97 Å². The molecule has 0 bridgehead atoms. The number of rotatable bonds is 8. The molecule has 0 aliphatic rings. The minimum Gasteiger partial charge on any atom is -0.480 e. The van der Waals surface area contributed by atoms with Gasteiger partial charge in [-0.25, -0.2) is 9.97 Å². The molecule has 2 heterocycles. The summed E-state index contributed by atoms with van der Waals surface area (Å²) in [5, 5.41) is 18.4. The van der Waals surface area contributed by atoms with E-state index in [1.807, 2.05) is 36.4 Å². The number of aromatic nitrogens is 4. The molecule has 2 aromatic heterocycles. The molecule has 4 rings (SSSR count). The van der Waals surface area contributed by atoms with Gasteiger partial charge in [0.25, 0.3) is 0 Å². The normalized spacial score (nSPS) is 11.3. The highest BCUT2D eigenvalue weighted by Gasteiger charge is 2.16. The summed E-state index contributed by atoms with van der Waals surface area (Å²) in [5.74, 6) is -0.987. The number of imidazole rings is 2. The molecule has 2 N–H and O–H groups in total. The van der Waals surface area contributed by atoms with E-state index in [-0.39, 0.29) is 26.3 Å². The van der Waals surface area contributed by atoms with Crippen molar-refractivity contribution >= 4 is 34.0 Å². The van der Waals surface area contributed by atoms with E-state index in [0.717, 1.165) is 0 Å². The summed E-state index contributed by atoms with van der Waals surface area (Å²) in [5.41, 5.74) is 2.80. The molecular weight excluding hydrogens is 376 g/mol. The van der Waals surface area contributed by atoms with Crippen LogP contribution in [0, 0.1) is 0 Å². The van der Waals surface area contributed by atoms with Crippen LogP contribution in [0.4, 0.5) is 0 Å². The number of para-hydroxylation sites is 4. The summed E-state index contributed by atoms with van der Waals surface area (Å²) in [6.45, 7) is -0.316. The maximum absolute atomic E-state index is 11.2. The monoisotopic (exact) mass is 394 g/mol. The summed E-state index contributed by atoms with van der Waals surface area (Å²) in [4.78, 5) is 31.4. The second-order valence-electron chi connectivity index (χ2n) is 6.49. The molecule has 0 aliphatic carbocycles. The quantitative estimate of drug-likeness (QED) is 0.470. The molecule has 4 aromatic rings. The predicted molar refractivity (Wildman–Crippen MR) is 103 cm³/mol. The van der Waals surface area contributed by atoms with Crippen LogP contribution in [-0.4, -0.2) is 41.3 Å². The first kappa shape index (κ1) is 18.6. The second-order valence-corrected chi connectivity index (χ2v) is 6.49. The summed E-state index contributed by atoms with van der Waals surface area (Å²) < 4.78 is 8.95. The average Bonchev–Trinajstić information content (AvgIpc) is 3.20. The Morgan fingerprint density at radius 3 is 1.59 bits per heavy atom. The summed E-state index contributed by atoms with van der Waals surface area (Å²) in [6.07, 6.45) is 0. The number of hydrogen-bond donors (Lipinski definition) is 2. The molecule has 29 heavy (non-hydrogen) atoms. The minimum absolute atomic E-state index is 0.0677. The van der Waals surface area contributed by atoms with Gasteiger partial charge in [-0.2, -0.15) is 0 Å². The van der Waals surface area contributed by atoms with Gasteiger partial charge in [0.15, 0.2) is 0 Å². The molecular formula is C20H18N4O5. The predicted octanol–water partition coefficient (Wildman–Crippen LogP) is 2.27. The van der Waals surface area contributed by atoms with Gasteiger partial charge in [0, 0.05) is 0 Å². The van der Waals surface area contributed by atoms with Crippen molar-refractivity contribution in [2.75, 3.05) is 0 Å². The molecule has 9 heteroatoms. The van der Waals surface area contributed by atoms with Gasteiger partial charge < -0.3 is 24.1 Å². The van der Waals surface area contributed by atoms with Crippen LogP contribution < -0.4 is 0 Å². The standard InChI is InChI=1S/C20H18N4O5/c25-19(26)9-23-15-7-3-1-5-13(15)21-17(23)11-29-12-18-22-14-6-2-4-8-16(14)24(18)10-20(27)28/h1-8H,9-12H2,(H,25,26)(H,27,28). The van der Waals surface area contributed by atoms with Gasteiger partial charge >= 0.3 is 11.9 Å². The molecule has 0 saturated carbocycles. The van der Waals surface area contributed by atoms with Crippen molar-refractivity contribution in [1.82, 2.24) is 19.1 Å². The number of carboxylic acid groups (broad SMARTS) is 2. The van der Waals surface area contributed by atoms with E-state index in [1.54, 1.807) is 21.3 Å². The van der Waals surface area contributed by atoms with Crippen LogP contribution in [0.2, 0.25) is 0 Å². The maximum Gasteiger partial charge on any atom is 0.323 e. The molecule has 0 saturated heterocycles. The van der Waals surface area contributed by atoms with E-state index in [0.29, 0.717) is 33.7 Å². The zero-order chi connectivity index (χ0) is 20.4. The fourth-order valence-corrected chi connectivity index (χ4v) is 3.33. The van der Waals surface area contributed by atoms with Gasteiger partial charge in [-0.1, -0.05) is 24.3 Å². The lowest BCUT2D eigenvalue weighted by Crippen LogP contribution is -2.14. The Morgan fingerprint density at radius 1 is 0.759 bits per heavy atom. The Balaban J connectivity index is 1.58. The summed E-state index contributed by atoms with van der Waals surface area (Å²) in [7, 11) is 0. The van der Waals surface area contributed by atoms with E-state index in [1.165, 1.54) is 0 Å². The van der Waals surface area contributed by atoms with Crippen LogP contribution in [0.25, 0.3) is 22.1 Å². The second kappa shape index (κ2) is 7.72. The molecule has 0 aliphatic heterocycles. The number of carboxylic acids is 2. The van der Waals surface area contributed by atoms with Gasteiger partial charge in [0.05, 0.1) is 22.1 Å². The highest BCUT2D eigenvalue weighted by atomic mass is 16.5. The van der Waals surface area contributed by atoms with Gasteiger partial charge in [-0.05, 0) is 24.3 Å². The number of carbonyl (C=O) groups is 2. The number of benzene rings is 2. The number of nitrogens with zero attached hydrogens (tertiary/aromatic N) is 4. The van der Waals surface area contributed by atoms with Crippen molar-refractivity contribution in [2.24, 2.45) is 0 Å². The van der Waals surface area contributed by atoms with E-state index >= 15 is 0 Å². The van der Waals surface area contributed by atoms with Crippen molar-refractivity contribution < 1.29 is 24.5 Å². The molecule has 0 spiro atoms. The van der Waals surface area contributed by atoms with Crippen molar-refractivity contribution in [2.45, 2.75) is 26.3 Å². The van der Waals surface area contributed by atoms with Crippen LogP contribution in [0.5, 0.6) is 0 Å². The van der Waals surface area contributed by atoms with Gasteiger partial charge in [0.1, 0.15) is 38.0 Å². The zero-order valence-electron chi connectivity index (χ0n) is 15.4. The highest BCUT2D eigenvalue weighted by molar-refractivity contribution is 5.79. The van der Waals surface area contributed by atoms with E-state index < -0.39 is 11.9 Å². The molecule has 9 nitrogen and oxygen atoms in total. The molecule has 2 aromatic carbocycles. The van der Waals surface area contributed by atoms with Crippen LogP contribution in [-0.2, 0) is 40.6 Å². The Morgan fingerprint density at radius 2 is 1.17 bits per heavy atom. The van der Waals surface area contributed by atoms with Gasteiger partial charge in [0.2, 0.25) is 0 Å². The van der Waals surface area contributed by atoms with Crippen molar-refractivity contribution in [3.8, 4) is 0 Å². The lowest BCUT2D eigenvalue weighted by molar-refractivity contribution is -0.138. The number of hydrogen-bond acceptors (Lipinski definition) is 5. The minimum atomic E-state index is -0.974. The third-order valence-corrected chi connectivity index (χ3v) is 4.52. The Kier molecular flexibility index (Phi) is 4.96. The summed E-state index contributed by atoms with van der Waals surface area (Å²) in [6, 6.07) is 14.5. The Bertz CT molecular complexity index is 1120. The lowest BCUT2D eigenvalue weighted by atomic mass is 10.3. The van der Waals surface area contributed by atoms with Gasteiger partial charge in [-0.15, -0.1) is 0 Å². The number of fused-ring (bicyclic) bond motifs is 2. The SMILES string of the molecule is O=C(O)Cn1c(COCc2nc3ccccc3n2CC(=O)O)nc2ccccc21. The van der Waals surface area contributed by atoms with Crippen molar-refractivity contribution in [3.05, 3.63) is 60.2 Å². The fraction of sp³-hybridized carbons (Fsp3) is 0.200. The first-order valence-corrected chi connectivity index (χ1v) is 8.92. The molecule has 0 radical (unpaired) electrons. The highest BCUT2D eigenvalue weighted by Crippen LogP contribution is 2.19. The number of ether oxygens (including phenoxy) is 1. The molecule has 0 unspecified atom stereocenters.